The summed E-state index contributed by atoms with van der Waals surface area (Å²) in [5.41, 5.74) is 0. The summed E-state index contributed by atoms with van der Waals surface area (Å²) < 4.78 is 0. The first-order chi connectivity index (χ1) is 15.6. The van der Waals surface area contributed by atoms with Crippen molar-refractivity contribution in [1.82, 2.24) is 4.90 Å². The van der Waals surface area contributed by atoms with Crippen molar-refractivity contribution in [2.45, 2.75) is 142 Å². The summed E-state index contributed by atoms with van der Waals surface area (Å²) in [7, 11) is 3.89. The summed E-state index contributed by atoms with van der Waals surface area (Å²) in [6.07, 6.45) is 32.6. The smallest absolute Gasteiger partial charge is 0.307 e. The highest BCUT2D eigenvalue weighted by Gasteiger charge is 2.17. The number of aliphatic carboxylic acids is 1. The molecular weight excluding hydrogens is 394 g/mol. The van der Waals surface area contributed by atoms with Crippen LogP contribution in [0.2, 0.25) is 0 Å². The van der Waals surface area contributed by atoms with Gasteiger partial charge in [-0.05, 0) is 46.2 Å². The lowest BCUT2D eigenvalue weighted by molar-refractivity contribution is -0.142. The molecule has 0 aromatic rings. The molecule has 190 valence electrons. The Morgan fingerprint density at radius 1 is 0.656 bits per heavy atom. The van der Waals surface area contributed by atoms with Crippen LogP contribution in [0.1, 0.15) is 142 Å². The third kappa shape index (κ3) is 23.8. The summed E-state index contributed by atoms with van der Waals surface area (Å²) in [5.74, 6) is -0.861. The highest BCUT2D eigenvalue weighted by Crippen LogP contribution is 2.15. The Morgan fingerprint density at radius 3 is 1.41 bits per heavy atom. The average molecular weight is 452 g/mol. The second-order valence-electron chi connectivity index (χ2n) is 10.1. The Kier molecular flexibility index (Phi) is 24.2. The highest BCUT2D eigenvalue weighted by molar-refractivity contribution is 5.70. The SMILES string of the molecule is CCCCCCCCCCCCCCCCC=CCCCCCCC(CN(C)C)C(=O)O. The molecule has 1 atom stereocenters. The number of carbonyl (C=O) groups is 1. The van der Waals surface area contributed by atoms with Crippen LogP contribution in [0.3, 0.4) is 0 Å². The topological polar surface area (TPSA) is 40.5 Å². The summed E-state index contributed by atoms with van der Waals surface area (Å²) in [6.45, 7) is 2.94. The van der Waals surface area contributed by atoms with Crippen LogP contribution in [0.5, 0.6) is 0 Å². The lowest BCUT2D eigenvalue weighted by Gasteiger charge is -2.16. The van der Waals surface area contributed by atoms with Gasteiger partial charge in [0.2, 0.25) is 0 Å². The summed E-state index contributed by atoms with van der Waals surface area (Å²) in [5, 5.41) is 9.26. The number of nitrogens with zero attached hydrogens (tertiary/aromatic N) is 1. The minimum atomic E-state index is -0.648. The molecule has 0 aliphatic rings. The normalized spacial score (nSPS) is 12.8. The molecule has 3 heteroatoms. The average Bonchev–Trinajstić information content (AvgIpc) is 2.76. The Hall–Kier alpha value is -0.830. The second kappa shape index (κ2) is 24.8. The third-order valence-electron chi connectivity index (χ3n) is 6.50. The molecule has 1 unspecified atom stereocenters. The van der Waals surface area contributed by atoms with E-state index in [9.17, 15) is 9.90 Å². The van der Waals surface area contributed by atoms with Gasteiger partial charge in [-0.25, -0.2) is 0 Å². The van der Waals surface area contributed by atoms with Gasteiger partial charge in [0.05, 0.1) is 5.92 Å². The predicted octanol–water partition coefficient (Wildman–Crippen LogP) is 9.02. The van der Waals surface area contributed by atoms with E-state index in [0.717, 1.165) is 19.3 Å². The van der Waals surface area contributed by atoms with Crippen LogP contribution in [0.15, 0.2) is 12.2 Å². The number of hydrogen-bond donors (Lipinski definition) is 1. The van der Waals surface area contributed by atoms with Crippen molar-refractivity contribution in [3.63, 3.8) is 0 Å². The van der Waals surface area contributed by atoms with Crippen molar-refractivity contribution in [2.75, 3.05) is 20.6 Å². The number of hydrogen-bond acceptors (Lipinski definition) is 2. The van der Waals surface area contributed by atoms with Gasteiger partial charge in [-0.15, -0.1) is 0 Å². The molecule has 1 N–H and O–H groups in total. The van der Waals surface area contributed by atoms with Gasteiger partial charge in [-0.1, -0.05) is 122 Å². The van der Waals surface area contributed by atoms with Gasteiger partial charge in [-0.3, -0.25) is 4.79 Å². The molecule has 0 rings (SSSR count). The van der Waals surface area contributed by atoms with Crippen LogP contribution in [0, 0.1) is 5.92 Å². The fourth-order valence-corrected chi connectivity index (χ4v) is 4.43. The van der Waals surface area contributed by atoms with Crippen LogP contribution in [0.25, 0.3) is 0 Å². The first-order valence-electron chi connectivity index (χ1n) is 14.1. The molecular formula is C29H57NO2. The maximum absolute atomic E-state index is 11.2. The molecule has 0 radical (unpaired) electrons. The minimum absolute atomic E-state index is 0.213. The molecule has 0 aliphatic carbocycles. The molecule has 32 heavy (non-hydrogen) atoms. The number of allylic oxidation sites excluding steroid dienone is 2. The van der Waals surface area contributed by atoms with E-state index < -0.39 is 5.97 Å². The Bertz CT molecular complexity index is 419. The van der Waals surface area contributed by atoms with Gasteiger partial charge in [0.15, 0.2) is 0 Å². The fraction of sp³-hybridized carbons (Fsp3) is 0.897. The van der Waals surface area contributed by atoms with Crippen molar-refractivity contribution in [2.24, 2.45) is 5.92 Å². The van der Waals surface area contributed by atoms with E-state index >= 15 is 0 Å². The maximum Gasteiger partial charge on any atom is 0.307 e. The van der Waals surface area contributed by atoms with Crippen LogP contribution in [0.4, 0.5) is 0 Å². The van der Waals surface area contributed by atoms with Crippen molar-refractivity contribution in [1.29, 1.82) is 0 Å². The Balaban J connectivity index is 3.27. The van der Waals surface area contributed by atoms with Crippen LogP contribution in [-0.2, 0) is 4.79 Å². The number of rotatable bonds is 25. The molecule has 0 saturated carbocycles. The van der Waals surface area contributed by atoms with Crippen molar-refractivity contribution < 1.29 is 9.90 Å². The van der Waals surface area contributed by atoms with Crippen LogP contribution < -0.4 is 0 Å². The molecule has 0 aromatic carbocycles. The third-order valence-corrected chi connectivity index (χ3v) is 6.50. The van der Waals surface area contributed by atoms with E-state index in [4.69, 9.17) is 0 Å². The number of carboxylic acids is 1. The first-order valence-corrected chi connectivity index (χ1v) is 14.1. The highest BCUT2D eigenvalue weighted by atomic mass is 16.4. The fourth-order valence-electron chi connectivity index (χ4n) is 4.43. The standard InChI is InChI=1S/C29H57NO2/c1-4-5-6-7-8-9-10-11-12-13-14-15-16-17-18-19-20-21-22-23-24-25-26-28(29(31)32)27-30(2)3/h19-20,28H,4-18,21-27H2,1-3H3,(H,31,32). The largest absolute Gasteiger partial charge is 0.481 e. The molecule has 0 spiro atoms. The lowest BCUT2D eigenvalue weighted by Crippen LogP contribution is -2.27. The molecule has 0 bridgehead atoms. The number of carboxylic acid groups (broad SMARTS) is 1. The zero-order chi connectivity index (χ0) is 23.7. The predicted molar refractivity (Wildman–Crippen MR) is 141 cm³/mol. The van der Waals surface area contributed by atoms with Crippen LogP contribution >= 0.6 is 0 Å². The monoisotopic (exact) mass is 451 g/mol. The van der Waals surface area contributed by atoms with Gasteiger partial charge in [0.1, 0.15) is 0 Å². The summed E-state index contributed by atoms with van der Waals surface area (Å²) >= 11 is 0. The summed E-state index contributed by atoms with van der Waals surface area (Å²) in [6, 6.07) is 0. The molecule has 0 aliphatic heterocycles. The Morgan fingerprint density at radius 2 is 1.03 bits per heavy atom. The zero-order valence-corrected chi connectivity index (χ0v) is 22.1. The zero-order valence-electron chi connectivity index (χ0n) is 22.1. The van der Waals surface area contributed by atoms with Gasteiger partial charge >= 0.3 is 5.97 Å². The molecule has 0 saturated heterocycles. The van der Waals surface area contributed by atoms with Gasteiger partial charge in [0.25, 0.3) is 0 Å². The molecule has 3 nitrogen and oxygen atoms in total. The van der Waals surface area contributed by atoms with E-state index in [2.05, 4.69) is 19.1 Å². The molecule has 0 amide bonds. The Labute approximate surface area is 201 Å². The number of unbranched alkanes of at least 4 members (excludes halogenated alkanes) is 18. The van der Waals surface area contributed by atoms with E-state index in [1.807, 2.05) is 19.0 Å². The van der Waals surface area contributed by atoms with Crippen molar-refractivity contribution >= 4 is 5.97 Å². The van der Waals surface area contributed by atoms with Crippen LogP contribution in [-0.4, -0.2) is 36.6 Å². The van der Waals surface area contributed by atoms with Gasteiger partial charge in [0, 0.05) is 6.54 Å². The first kappa shape index (κ1) is 31.2. The maximum atomic E-state index is 11.2. The van der Waals surface area contributed by atoms with Crippen molar-refractivity contribution in [3.8, 4) is 0 Å². The van der Waals surface area contributed by atoms with Gasteiger partial charge in [-0.2, -0.15) is 0 Å². The quantitative estimate of drug-likeness (QED) is 0.111. The summed E-state index contributed by atoms with van der Waals surface area (Å²) in [4.78, 5) is 13.2. The van der Waals surface area contributed by atoms with Gasteiger partial charge < -0.3 is 10.0 Å². The molecule has 0 heterocycles. The molecule has 0 fully saturated rings. The van der Waals surface area contributed by atoms with E-state index in [-0.39, 0.29) is 5.92 Å². The van der Waals surface area contributed by atoms with E-state index in [1.165, 1.54) is 116 Å². The lowest BCUT2D eigenvalue weighted by atomic mass is 10.00. The van der Waals surface area contributed by atoms with E-state index in [0.29, 0.717) is 6.54 Å². The second-order valence-corrected chi connectivity index (χ2v) is 10.1. The van der Waals surface area contributed by atoms with Crippen molar-refractivity contribution in [3.05, 3.63) is 12.2 Å². The molecule has 0 aromatic heterocycles. The van der Waals surface area contributed by atoms with E-state index in [1.54, 1.807) is 0 Å². The minimum Gasteiger partial charge on any atom is -0.481 e.